The fraction of sp³-hybridized carbons (Fsp3) is 0.500. The van der Waals surface area contributed by atoms with Crippen molar-refractivity contribution in [2.45, 2.75) is 19.2 Å². The molecule has 0 radical (unpaired) electrons. The van der Waals surface area contributed by atoms with E-state index >= 15 is 0 Å². The number of nitrogens with zero attached hydrogens (tertiary/aromatic N) is 2. The molecule has 0 bridgehead atoms. The van der Waals surface area contributed by atoms with Crippen LogP contribution in [-0.4, -0.2) is 29.8 Å². The number of aliphatic hydroxyl groups excluding tert-OH is 1. The standard InChI is InChI=1S/C10H14F3N3O/c1-6(17)5-16(2)9-4-7(10(11,12)13)3-8(14)15-9/h3-4,6,17H,5H2,1-2H3,(H2,14,15). The van der Waals surface area contributed by atoms with Crippen molar-refractivity contribution in [1.82, 2.24) is 4.98 Å². The quantitative estimate of drug-likeness (QED) is 0.852. The van der Waals surface area contributed by atoms with Crippen LogP contribution in [0.4, 0.5) is 24.8 Å². The van der Waals surface area contributed by atoms with Crippen LogP contribution in [0.5, 0.6) is 0 Å². The number of hydrogen-bond acceptors (Lipinski definition) is 4. The summed E-state index contributed by atoms with van der Waals surface area (Å²) in [6, 6.07) is 1.68. The Morgan fingerprint density at radius 3 is 2.53 bits per heavy atom. The Morgan fingerprint density at radius 2 is 2.06 bits per heavy atom. The molecular formula is C10H14F3N3O. The van der Waals surface area contributed by atoms with E-state index in [0.717, 1.165) is 12.1 Å². The van der Waals surface area contributed by atoms with Crippen molar-refractivity contribution in [1.29, 1.82) is 0 Å². The summed E-state index contributed by atoms with van der Waals surface area (Å²) in [5.74, 6) is -0.120. The Balaban J connectivity index is 3.05. The third-order valence-electron chi connectivity index (χ3n) is 2.09. The summed E-state index contributed by atoms with van der Waals surface area (Å²) < 4.78 is 37.6. The van der Waals surface area contributed by atoms with Gasteiger partial charge in [0.25, 0.3) is 0 Å². The third kappa shape index (κ3) is 3.77. The predicted molar refractivity (Wildman–Crippen MR) is 58.6 cm³/mol. The Labute approximate surface area is 96.9 Å². The van der Waals surface area contributed by atoms with Gasteiger partial charge in [0.15, 0.2) is 0 Å². The molecule has 3 N–H and O–H groups in total. The highest BCUT2D eigenvalue weighted by Crippen LogP contribution is 2.32. The summed E-state index contributed by atoms with van der Waals surface area (Å²) in [5.41, 5.74) is 4.47. The summed E-state index contributed by atoms with van der Waals surface area (Å²) in [4.78, 5) is 5.21. The number of halogens is 3. The molecule has 17 heavy (non-hydrogen) atoms. The molecule has 0 saturated carbocycles. The number of nitrogens with two attached hydrogens (primary N) is 1. The van der Waals surface area contributed by atoms with Gasteiger partial charge >= 0.3 is 6.18 Å². The van der Waals surface area contributed by atoms with E-state index < -0.39 is 17.8 Å². The maximum Gasteiger partial charge on any atom is 0.416 e. The number of aliphatic hydroxyl groups is 1. The van der Waals surface area contributed by atoms with Crippen LogP contribution in [0.2, 0.25) is 0 Å². The molecule has 0 saturated heterocycles. The Bertz CT molecular complexity index is 393. The minimum atomic E-state index is -4.46. The van der Waals surface area contributed by atoms with Gasteiger partial charge in [-0.05, 0) is 19.1 Å². The second-order valence-electron chi connectivity index (χ2n) is 3.87. The monoisotopic (exact) mass is 249 g/mol. The van der Waals surface area contributed by atoms with Crippen LogP contribution >= 0.6 is 0 Å². The van der Waals surface area contributed by atoms with E-state index in [1.807, 2.05) is 0 Å². The first-order chi connectivity index (χ1) is 7.70. The zero-order valence-corrected chi connectivity index (χ0v) is 9.49. The van der Waals surface area contributed by atoms with E-state index in [9.17, 15) is 13.2 Å². The molecule has 0 aliphatic rings. The number of pyridine rings is 1. The summed E-state index contributed by atoms with van der Waals surface area (Å²) in [5, 5.41) is 9.16. The molecule has 96 valence electrons. The van der Waals surface area contributed by atoms with E-state index in [4.69, 9.17) is 10.8 Å². The van der Waals surface area contributed by atoms with Gasteiger partial charge in [0.2, 0.25) is 0 Å². The molecule has 1 unspecified atom stereocenters. The van der Waals surface area contributed by atoms with Crippen molar-refractivity contribution in [3.05, 3.63) is 17.7 Å². The number of nitrogen functional groups attached to an aromatic ring is 1. The normalized spacial score (nSPS) is 13.5. The highest BCUT2D eigenvalue weighted by atomic mass is 19.4. The number of aromatic nitrogens is 1. The number of hydrogen-bond donors (Lipinski definition) is 2. The third-order valence-corrected chi connectivity index (χ3v) is 2.09. The van der Waals surface area contributed by atoms with Crippen molar-refractivity contribution >= 4 is 11.6 Å². The van der Waals surface area contributed by atoms with E-state index in [1.54, 1.807) is 0 Å². The summed E-state index contributed by atoms with van der Waals surface area (Å²) >= 11 is 0. The highest BCUT2D eigenvalue weighted by Gasteiger charge is 2.31. The molecular weight excluding hydrogens is 235 g/mol. The Morgan fingerprint density at radius 1 is 1.47 bits per heavy atom. The average Bonchev–Trinajstić information content (AvgIpc) is 2.14. The molecule has 1 aromatic heterocycles. The van der Waals surface area contributed by atoms with Crippen LogP contribution in [0.1, 0.15) is 12.5 Å². The largest absolute Gasteiger partial charge is 0.416 e. The average molecular weight is 249 g/mol. The fourth-order valence-electron chi connectivity index (χ4n) is 1.39. The zero-order chi connectivity index (χ0) is 13.2. The molecule has 0 amide bonds. The minimum Gasteiger partial charge on any atom is -0.392 e. The molecule has 4 nitrogen and oxygen atoms in total. The van der Waals surface area contributed by atoms with E-state index in [0.29, 0.717) is 0 Å². The van der Waals surface area contributed by atoms with Gasteiger partial charge in [0.1, 0.15) is 11.6 Å². The van der Waals surface area contributed by atoms with Crippen molar-refractivity contribution in [3.63, 3.8) is 0 Å². The minimum absolute atomic E-state index is 0.0817. The zero-order valence-electron chi connectivity index (χ0n) is 9.49. The van der Waals surface area contributed by atoms with Crippen molar-refractivity contribution in [2.24, 2.45) is 0 Å². The number of anilines is 2. The van der Waals surface area contributed by atoms with Crippen LogP contribution < -0.4 is 10.6 Å². The summed E-state index contributed by atoms with van der Waals surface area (Å²) in [6.45, 7) is 1.71. The number of rotatable bonds is 3. The molecule has 0 aromatic carbocycles. The smallest absolute Gasteiger partial charge is 0.392 e. The molecule has 0 spiro atoms. The van der Waals surface area contributed by atoms with Gasteiger partial charge in [-0.25, -0.2) is 4.98 Å². The van der Waals surface area contributed by atoms with Crippen LogP contribution in [0, 0.1) is 0 Å². The summed E-state index contributed by atoms with van der Waals surface area (Å²) in [6.07, 6.45) is -5.13. The predicted octanol–water partition coefficient (Wildman–Crippen LogP) is 1.50. The van der Waals surface area contributed by atoms with Crippen molar-refractivity contribution in [2.75, 3.05) is 24.2 Å². The number of likely N-dealkylation sites (N-methyl/N-ethyl adjacent to an activating group) is 1. The van der Waals surface area contributed by atoms with Gasteiger partial charge in [-0.15, -0.1) is 0 Å². The molecule has 0 fully saturated rings. The molecule has 1 atom stereocenters. The lowest BCUT2D eigenvalue weighted by Gasteiger charge is -2.21. The Kier molecular flexibility index (Phi) is 3.82. The van der Waals surface area contributed by atoms with Gasteiger partial charge in [-0.1, -0.05) is 0 Å². The van der Waals surface area contributed by atoms with E-state index in [2.05, 4.69) is 4.98 Å². The lowest BCUT2D eigenvalue weighted by atomic mass is 10.2. The van der Waals surface area contributed by atoms with Crippen molar-refractivity contribution in [3.8, 4) is 0 Å². The maximum atomic E-state index is 12.5. The highest BCUT2D eigenvalue weighted by molar-refractivity contribution is 5.48. The molecule has 0 aliphatic carbocycles. The molecule has 0 aliphatic heterocycles. The van der Waals surface area contributed by atoms with Crippen LogP contribution in [-0.2, 0) is 6.18 Å². The van der Waals surface area contributed by atoms with Gasteiger partial charge in [-0.2, -0.15) is 13.2 Å². The van der Waals surface area contributed by atoms with Gasteiger partial charge < -0.3 is 15.7 Å². The summed E-state index contributed by atoms with van der Waals surface area (Å²) in [7, 11) is 1.54. The number of alkyl halides is 3. The van der Waals surface area contributed by atoms with Gasteiger partial charge in [-0.3, -0.25) is 0 Å². The topological polar surface area (TPSA) is 62.4 Å². The molecule has 7 heteroatoms. The van der Waals surface area contributed by atoms with Crippen LogP contribution in [0.15, 0.2) is 12.1 Å². The first-order valence-corrected chi connectivity index (χ1v) is 4.94. The van der Waals surface area contributed by atoms with Gasteiger partial charge in [0.05, 0.1) is 11.7 Å². The SMILES string of the molecule is CC(O)CN(C)c1cc(C(F)(F)F)cc(N)n1. The maximum absolute atomic E-state index is 12.5. The van der Waals surface area contributed by atoms with E-state index in [1.165, 1.54) is 18.9 Å². The van der Waals surface area contributed by atoms with Crippen molar-refractivity contribution < 1.29 is 18.3 Å². The first kappa shape index (κ1) is 13.6. The lowest BCUT2D eigenvalue weighted by Crippen LogP contribution is -2.28. The molecule has 1 heterocycles. The first-order valence-electron chi connectivity index (χ1n) is 4.94. The van der Waals surface area contributed by atoms with Crippen LogP contribution in [0.25, 0.3) is 0 Å². The molecule has 1 aromatic rings. The van der Waals surface area contributed by atoms with Crippen LogP contribution in [0.3, 0.4) is 0 Å². The fourth-order valence-corrected chi connectivity index (χ4v) is 1.39. The second-order valence-corrected chi connectivity index (χ2v) is 3.87. The lowest BCUT2D eigenvalue weighted by molar-refractivity contribution is -0.137. The van der Waals surface area contributed by atoms with Gasteiger partial charge in [0, 0.05) is 13.6 Å². The second kappa shape index (κ2) is 4.79. The molecule has 1 rings (SSSR count). The van der Waals surface area contributed by atoms with E-state index in [-0.39, 0.29) is 18.2 Å². The Hall–Kier alpha value is -1.50.